The number of hydrogen-bond acceptors (Lipinski definition) is 7. The quantitative estimate of drug-likeness (QED) is 0.0298. The first-order valence-electron chi connectivity index (χ1n) is 18.3. The number of allylic oxidation sites excluding steroid dienone is 10. The number of nitrogens with two attached hydrogens (primary N) is 1. The number of carbonyl (C=O) groups excluding carboxylic acids is 1. The van der Waals surface area contributed by atoms with Crippen molar-refractivity contribution in [1.82, 2.24) is 0 Å². The van der Waals surface area contributed by atoms with E-state index in [1.54, 1.807) is 0 Å². The molecule has 3 N–H and O–H groups in total. The molecule has 0 saturated heterocycles. The van der Waals surface area contributed by atoms with Crippen LogP contribution in [0.15, 0.2) is 60.8 Å². The zero-order valence-corrected chi connectivity index (χ0v) is 30.6. The molecule has 0 spiro atoms. The molecule has 47 heavy (non-hydrogen) atoms. The highest BCUT2D eigenvalue weighted by Crippen LogP contribution is 2.43. The van der Waals surface area contributed by atoms with Gasteiger partial charge in [0.1, 0.15) is 6.10 Å². The lowest BCUT2D eigenvalue weighted by molar-refractivity contribution is -0.154. The fourth-order valence-electron chi connectivity index (χ4n) is 4.51. The Hall–Kier alpha value is -1.80. The van der Waals surface area contributed by atoms with E-state index < -0.39 is 13.9 Å². The van der Waals surface area contributed by atoms with Crippen LogP contribution in [-0.4, -0.2) is 49.9 Å². The first kappa shape index (κ1) is 45.2. The third-order valence-corrected chi connectivity index (χ3v) is 8.15. The molecule has 0 aliphatic rings. The van der Waals surface area contributed by atoms with E-state index in [-0.39, 0.29) is 32.3 Å². The average Bonchev–Trinajstić information content (AvgIpc) is 3.06. The minimum Gasteiger partial charge on any atom is -0.457 e. The van der Waals surface area contributed by atoms with Gasteiger partial charge in [-0.25, -0.2) is 4.57 Å². The van der Waals surface area contributed by atoms with Crippen molar-refractivity contribution >= 4 is 13.8 Å². The fraction of sp³-hybridized carbons (Fsp3) is 0.711. The second kappa shape index (κ2) is 35.5. The van der Waals surface area contributed by atoms with Gasteiger partial charge in [0.2, 0.25) is 0 Å². The lowest BCUT2D eigenvalue weighted by Crippen LogP contribution is -2.28. The molecule has 0 aliphatic heterocycles. The molecular weight excluding hydrogens is 613 g/mol. The Morgan fingerprint density at radius 1 is 0.660 bits per heavy atom. The normalized spacial score (nSPS) is 14.4. The van der Waals surface area contributed by atoms with Crippen LogP contribution in [0.2, 0.25) is 0 Å². The summed E-state index contributed by atoms with van der Waals surface area (Å²) in [5.41, 5.74) is 5.34. The largest absolute Gasteiger partial charge is 0.472 e. The highest BCUT2D eigenvalue weighted by atomic mass is 31.2. The first-order chi connectivity index (χ1) is 22.9. The van der Waals surface area contributed by atoms with Crippen LogP contribution in [0.1, 0.15) is 136 Å². The van der Waals surface area contributed by atoms with Crippen LogP contribution in [0.5, 0.6) is 0 Å². The van der Waals surface area contributed by atoms with Crippen LogP contribution < -0.4 is 5.73 Å². The second-order valence-corrected chi connectivity index (χ2v) is 13.2. The molecule has 0 saturated carbocycles. The van der Waals surface area contributed by atoms with E-state index >= 15 is 0 Å². The summed E-state index contributed by atoms with van der Waals surface area (Å²) < 4.78 is 33.2. The van der Waals surface area contributed by atoms with E-state index in [2.05, 4.69) is 74.6 Å². The molecule has 0 aromatic heterocycles. The lowest BCUT2D eigenvalue weighted by Gasteiger charge is -2.20. The van der Waals surface area contributed by atoms with E-state index in [9.17, 15) is 14.3 Å². The summed E-state index contributed by atoms with van der Waals surface area (Å²) in [5, 5.41) is 0. The van der Waals surface area contributed by atoms with Crippen molar-refractivity contribution in [2.75, 3.05) is 33.0 Å². The Bertz CT molecular complexity index is 900. The van der Waals surface area contributed by atoms with Gasteiger partial charge < -0.3 is 20.1 Å². The van der Waals surface area contributed by atoms with E-state index in [4.69, 9.17) is 24.3 Å². The molecule has 0 rings (SSSR count). The Morgan fingerprint density at radius 3 is 1.81 bits per heavy atom. The smallest absolute Gasteiger partial charge is 0.457 e. The number of phosphoric ester groups is 1. The van der Waals surface area contributed by atoms with Crippen molar-refractivity contribution < 1.29 is 32.8 Å². The Kier molecular flexibility index (Phi) is 34.1. The number of rotatable bonds is 34. The van der Waals surface area contributed by atoms with Crippen molar-refractivity contribution in [1.29, 1.82) is 0 Å². The molecule has 0 heterocycles. The molecule has 2 atom stereocenters. The van der Waals surface area contributed by atoms with Crippen molar-refractivity contribution in [3.05, 3.63) is 60.8 Å². The van der Waals surface area contributed by atoms with Crippen LogP contribution in [0.25, 0.3) is 0 Å². The van der Waals surface area contributed by atoms with E-state index in [1.165, 1.54) is 32.1 Å². The van der Waals surface area contributed by atoms with Crippen molar-refractivity contribution in [3.63, 3.8) is 0 Å². The zero-order valence-electron chi connectivity index (χ0n) is 29.7. The van der Waals surface area contributed by atoms with Gasteiger partial charge in [0.15, 0.2) is 0 Å². The summed E-state index contributed by atoms with van der Waals surface area (Å²) in [6.07, 6.45) is 40.9. The highest BCUT2D eigenvalue weighted by molar-refractivity contribution is 7.47. The third-order valence-electron chi connectivity index (χ3n) is 7.17. The SMILES string of the molecule is CC/C=C\C/C=C\C/C=C\C/C=C\CCCCCOCC(COP(=O)(O)OCCN)OC(=O)CCCCCCC/C=C\CCCCC. The maximum absolute atomic E-state index is 12.5. The maximum atomic E-state index is 12.5. The monoisotopic (exact) mass is 681 g/mol. The second-order valence-electron chi connectivity index (χ2n) is 11.7. The summed E-state index contributed by atoms with van der Waals surface area (Å²) in [6, 6.07) is 0. The van der Waals surface area contributed by atoms with E-state index in [0.29, 0.717) is 13.0 Å². The van der Waals surface area contributed by atoms with Gasteiger partial charge in [-0.05, 0) is 77.0 Å². The predicted molar refractivity (Wildman–Crippen MR) is 196 cm³/mol. The molecule has 0 aliphatic carbocycles. The molecule has 272 valence electrons. The molecular formula is C38H68NO7P. The minimum absolute atomic E-state index is 0.0887. The van der Waals surface area contributed by atoms with Crippen LogP contribution in [0.4, 0.5) is 0 Å². The van der Waals surface area contributed by atoms with Crippen LogP contribution in [-0.2, 0) is 27.9 Å². The summed E-state index contributed by atoms with van der Waals surface area (Å²) in [7, 11) is -4.28. The number of unbranched alkanes of at least 4 members (excludes halogenated alkanes) is 11. The van der Waals surface area contributed by atoms with Crippen LogP contribution in [0, 0.1) is 0 Å². The summed E-state index contributed by atoms with van der Waals surface area (Å²) in [5.74, 6) is -0.356. The lowest BCUT2D eigenvalue weighted by atomic mass is 10.1. The third kappa shape index (κ3) is 35.3. The van der Waals surface area contributed by atoms with Gasteiger partial charge in [-0.3, -0.25) is 13.8 Å². The predicted octanol–water partition coefficient (Wildman–Crippen LogP) is 10.2. The van der Waals surface area contributed by atoms with Gasteiger partial charge in [-0.1, -0.05) is 113 Å². The van der Waals surface area contributed by atoms with Gasteiger partial charge >= 0.3 is 13.8 Å². The molecule has 9 heteroatoms. The topological polar surface area (TPSA) is 117 Å². The van der Waals surface area contributed by atoms with Crippen LogP contribution in [0.3, 0.4) is 0 Å². The van der Waals surface area contributed by atoms with Crippen molar-refractivity contribution in [2.24, 2.45) is 5.73 Å². The van der Waals surface area contributed by atoms with Gasteiger partial charge in [0.05, 0.1) is 19.8 Å². The minimum atomic E-state index is -4.28. The van der Waals surface area contributed by atoms with Gasteiger partial charge in [0.25, 0.3) is 0 Å². The average molecular weight is 682 g/mol. The number of phosphoric acid groups is 1. The summed E-state index contributed by atoms with van der Waals surface area (Å²) in [4.78, 5) is 22.3. The van der Waals surface area contributed by atoms with E-state index in [0.717, 1.165) is 83.5 Å². The van der Waals surface area contributed by atoms with Crippen molar-refractivity contribution in [2.45, 2.75) is 142 Å². The Labute approximate surface area is 287 Å². The molecule has 2 unspecified atom stereocenters. The van der Waals surface area contributed by atoms with Gasteiger partial charge in [-0.2, -0.15) is 0 Å². The zero-order chi connectivity index (χ0) is 34.5. The standard InChI is InChI=1S/C38H68NO7P/c1-3-5-7-9-11-13-15-17-18-19-20-22-24-26-28-30-33-43-35-37(36-45-47(41,42)44-34-32-39)46-38(40)31-29-27-25-23-21-16-14-12-10-8-6-4-2/h5,7,11-14,17-18,20,22,37H,3-4,6,8-10,15-16,19,21,23-36,39H2,1-2H3,(H,41,42)/b7-5-,13-11-,14-12-,18-17-,22-20-. The highest BCUT2D eigenvalue weighted by Gasteiger charge is 2.25. The first-order valence-corrected chi connectivity index (χ1v) is 19.8. The number of ether oxygens (including phenoxy) is 2. The Morgan fingerprint density at radius 2 is 1.19 bits per heavy atom. The number of carbonyl (C=O) groups is 1. The maximum Gasteiger partial charge on any atom is 0.472 e. The molecule has 0 aromatic carbocycles. The molecule has 8 nitrogen and oxygen atoms in total. The van der Waals surface area contributed by atoms with Gasteiger partial charge in [0, 0.05) is 19.6 Å². The number of hydrogen-bond donors (Lipinski definition) is 2. The molecule has 0 fully saturated rings. The molecule has 0 radical (unpaired) electrons. The molecule has 0 bridgehead atoms. The number of esters is 1. The van der Waals surface area contributed by atoms with Crippen LogP contribution >= 0.6 is 7.82 Å². The summed E-state index contributed by atoms with van der Waals surface area (Å²) in [6.45, 7) is 4.66. The van der Waals surface area contributed by atoms with Crippen molar-refractivity contribution in [3.8, 4) is 0 Å². The Balaban J connectivity index is 4.20. The molecule has 0 amide bonds. The van der Waals surface area contributed by atoms with E-state index in [1.807, 2.05) is 0 Å². The van der Waals surface area contributed by atoms with Gasteiger partial charge in [-0.15, -0.1) is 0 Å². The fourth-order valence-corrected chi connectivity index (χ4v) is 5.27. The molecule has 0 aromatic rings. The summed E-state index contributed by atoms with van der Waals surface area (Å²) >= 11 is 0.